The van der Waals surface area contributed by atoms with Crippen molar-refractivity contribution >= 4 is 27.3 Å². The van der Waals surface area contributed by atoms with Gasteiger partial charge in [0.25, 0.3) is 5.91 Å². The molecule has 0 spiro atoms. The molecule has 0 aliphatic rings. The van der Waals surface area contributed by atoms with Gasteiger partial charge in [0.1, 0.15) is 5.76 Å². The van der Waals surface area contributed by atoms with Crippen LogP contribution >= 0.6 is 11.3 Å². The summed E-state index contributed by atoms with van der Waals surface area (Å²) in [6.07, 6.45) is 1.48. The summed E-state index contributed by atoms with van der Waals surface area (Å²) < 4.78 is 32.4. The van der Waals surface area contributed by atoms with Gasteiger partial charge in [0.15, 0.2) is 0 Å². The van der Waals surface area contributed by atoms with Crippen molar-refractivity contribution < 1.29 is 17.6 Å². The van der Waals surface area contributed by atoms with Crippen molar-refractivity contribution in [2.45, 2.75) is 31.3 Å². The fraction of sp³-hybridized carbons (Fsp3) is 0.250. The molecule has 28 heavy (non-hydrogen) atoms. The standard InChI is InChI=1S/C20H22N2O4S2/c1-14(2)19(18-6-4-12-27-18)22-20(23)15-7-9-17(10-8-15)28(24,25)21-13-16-5-3-11-26-16/h3-12,14,19,21H,13H2,1-2H3,(H,22,23)/t19-/m1/s1. The molecule has 0 radical (unpaired) electrons. The van der Waals surface area contributed by atoms with Crippen LogP contribution in [0.3, 0.4) is 0 Å². The summed E-state index contributed by atoms with van der Waals surface area (Å²) in [6.45, 7) is 4.16. The average molecular weight is 419 g/mol. The average Bonchev–Trinajstić information content (AvgIpc) is 3.38. The van der Waals surface area contributed by atoms with Crippen LogP contribution in [0.5, 0.6) is 0 Å². The van der Waals surface area contributed by atoms with Gasteiger partial charge < -0.3 is 9.73 Å². The van der Waals surface area contributed by atoms with E-state index < -0.39 is 10.0 Å². The van der Waals surface area contributed by atoms with Gasteiger partial charge in [-0.15, -0.1) is 11.3 Å². The molecular weight excluding hydrogens is 396 g/mol. The van der Waals surface area contributed by atoms with Crippen LogP contribution in [-0.2, 0) is 16.6 Å². The van der Waals surface area contributed by atoms with Gasteiger partial charge in [0.05, 0.1) is 23.7 Å². The molecule has 2 heterocycles. The van der Waals surface area contributed by atoms with Crippen molar-refractivity contribution in [3.63, 3.8) is 0 Å². The van der Waals surface area contributed by atoms with Crippen molar-refractivity contribution in [2.75, 3.05) is 0 Å². The zero-order chi connectivity index (χ0) is 20.1. The number of furan rings is 1. The number of rotatable bonds is 8. The van der Waals surface area contributed by atoms with E-state index in [9.17, 15) is 13.2 Å². The second-order valence-corrected chi connectivity index (χ2v) is 9.39. The van der Waals surface area contributed by atoms with E-state index in [-0.39, 0.29) is 29.3 Å². The second-order valence-electron chi connectivity index (χ2n) is 6.64. The molecule has 3 rings (SSSR count). The van der Waals surface area contributed by atoms with E-state index in [4.69, 9.17) is 4.42 Å². The first-order valence-corrected chi connectivity index (χ1v) is 11.2. The number of thiophene rings is 1. The molecule has 3 aromatic rings. The summed E-state index contributed by atoms with van der Waals surface area (Å²) in [6, 6.07) is 13.1. The molecule has 148 valence electrons. The lowest BCUT2D eigenvalue weighted by Gasteiger charge is -2.21. The van der Waals surface area contributed by atoms with Crippen molar-refractivity contribution in [1.82, 2.24) is 10.0 Å². The molecule has 0 bridgehead atoms. The second kappa shape index (κ2) is 8.72. The molecular formula is C20H22N2O4S2. The van der Waals surface area contributed by atoms with Crippen LogP contribution in [0.15, 0.2) is 69.5 Å². The minimum absolute atomic E-state index is 0.0639. The Hall–Kier alpha value is -2.42. The van der Waals surface area contributed by atoms with Gasteiger partial charge in [0.2, 0.25) is 10.0 Å². The Bertz CT molecular complexity index is 993. The maximum absolute atomic E-state index is 12.6. The number of nitrogens with one attached hydrogen (secondary N) is 2. The Morgan fingerprint density at radius 1 is 1.11 bits per heavy atom. The van der Waals surface area contributed by atoms with Crippen molar-refractivity contribution in [2.24, 2.45) is 5.92 Å². The molecule has 2 N–H and O–H groups in total. The summed E-state index contributed by atoms with van der Waals surface area (Å²) >= 11 is 1.60. The molecule has 1 amide bonds. The van der Waals surface area contributed by atoms with Gasteiger partial charge in [-0.2, -0.15) is 0 Å². The largest absolute Gasteiger partial charge is 0.468 e. The van der Waals surface area contributed by atoms with Crippen LogP contribution in [0.4, 0.5) is 0 Å². The third-order valence-electron chi connectivity index (χ3n) is 4.25. The topological polar surface area (TPSA) is 88.4 Å². The minimum atomic E-state index is -3.69. The Labute approximate surface area is 168 Å². The van der Waals surface area contributed by atoms with E-state index in [0.29, 0.717) is 11.3 Å². The monoisotopic (exact) mass is 418 g/mol. The Morgan fingerprint density at radius 2 is 1.86 bits per heavy atom. The lowest BCUT2D eigenvalue weighted by atomic mass is 10.0. The van der Waals surface area contributed by atoms with Gasteiger partial charge in [-0.3, -0.25) is 4.79 Å². The van der Waals surface area contributed by atoms with E-state index in [1.54, 1.807) is 23.5 Å². The Balaban J connectivity index is 1.68. The maximum Gasteiger partial charge on any atom is 0.251 e. The number of benzene rings is 1. The van der Waals surface area contributed by atoms with Gasteiger partial charge in [0, 0.05) is 10.4 Å². The summed E-state index contributed by atoms with van der Waals surface area (Å²) in [5.41, 5.74) is 0.409. The highest BCUT2D eigenvalue weighted by atomic mass is 32.2. The number of carbonyl (C=O) groups excluding carboxylic acids is 1. The van der Waals surface area contributed by atoms with Crippen LogP contribution in [0.25, 0.3) is 0 Å². The van der Waals surface area contributed by atoms with Gasteiger partial charge in [-0.25, -0.2) is 13.1 Å². The quantitative estimate of drug-likeness (QED) is 0.580. The molecule has 2 aromatic heterocycles. The third kappa shape index (κ3) is 4.89. The highest BCUT2D eigenvalue weighted by Crippen LogP contribution is 2.26. The Morgan fingerprint density at radius 3 is 2.43 bits per heavy atom. The van der Waals surface area contributed by atoms with E-state index in [2.05, 4.69) is 10.0 Å². The van der Waals surface area contributed by atoms with Crippen LogP contribution in [-0.4, -0.2) is 14.3 Å². The van der Waals surface area contributed by atoms with E-state index >= 15 is 0 Å². The van der Waals surface area contributed by atoms with Crippen molar-refractivity contribution in [3.05, 3.63) is 76.4 Å². The minimum Gasteiger partial charge on any atom is -0.468 e. The molecule has 0 unspecified atom stereocenters. The number of sulfonamides is 1. The molecule has 0 fully saturated rings. The predicted molar refractivity (Wildman–Crippen MR) is 109 cm³/mol. The SMILES string of the molecule is CC(C)[C@@H](NC(=O)c1ccc(S(=O)(=O)NCc2ccco2)cc1)c1cccs1. The number of amides is 1. The van der Waals surface area contributed by atoms with Crippen LogP contribution in [0, 0.1) is 5.92 Å². The molecule has 1 aromatic carbocycles. The number of hydrogen-bond donors (Lipinski definition) is 2. The van der Waals surface area contributed by atoms with E-state index in [1.165, 1.54) is 30.5 Å². The zero-order valence-corrected chi connectivity index (χ0v) is 17.2. The fourth-order valence-corrected chi connectivity index (χ4v) is 4.65. The number of carbonyl (C=O) groups is 1. The predicted octanol–water partition coefficient (Wildman–Crippen LogP) is 3.95. The number of hydrogen-bond acceptors (Lipinski definition) is 5. The molecule has 0 saturated carbocycles. The van der Waals surface area contributed by atoms with Crippen molar-refractivity contribution in [3.8, 4) is 0 Å². The lowest BCUT2D eigenvalue weighted by molar-refractivity contribution is 0.0926. The Kier molecular flexibility index (Phi) is 6.33. The summed E-state index contributed by atoms with van der Waals surface area (Å²) in [4.78, 5) is 13.8. The molecule has 0 aliphatic carbocycles. The van der Waals surface area contributed by atoms with Crippen LogP contribution in [0.2, 0.25) is 0 Å². The third-order valence-corrected chi connectivity index (χ3v) is 6.62. The first kappa shape index (κ1) is 20.3. The van der Waals surface area contributed by atoms with Gasteiger partial charge in [-0.05, 0) is 53.8 Å². The first-order valence-electron chi connectivity index (χ1n) is 8.83. The smallest absolute Gasteiger partial charge is 0.251 e. The summed E-state index contributed by atoms with van der Waals surface area (Å²) in [5, 5.41) is 5.01. The summed E-state index contributed by atoms with van der Waals surface area (Å²) in [5.74, 6) is 0.514. The van der Waals surface area contributed by atoms with E-state index in [0.717, 1.165) is 4.88 Å². The van der Waals surface area contributed by atoms with Gasteiger partial charge >= 0.3 is 0 Å². The van der Waals surface area contributed by atoms with E-state index in [1.807, 2.05) is 31.4 Å². The molecule has 1 atom stereocenters. The maximum atomic E-state index is 12.6. The lowest BCUT2D eigenvalue weighted by Crippen LogP contribution is -2.31. The molecule has 0 aliphatic heterocycles. The van der Waals surface area contributed by atoms with Crippen LogP contribution in [0.1, 0.15) is 40.9 Å². The molecule has 0 saturated heterocycles. The zero-order valence-electron chi connectivity index (χ0n) is 15.6. The van der Waals surface area contributed by atoms with Gasteiger partial charge in [-0.1, -0.05) is 19.9 Å². The summed E-state index contributed by atoms with van der Waals surface area (Å²) in [7, 11) is -3.69. The van der Waals surface area contributed by atoms with Crippen molar-refractivity contribution in [1.29, 1.82) is 0 Å². The van der Waals surface area contributed by atoms with Crippen LogP contribution < -0.4 is 10.0 Å². The highest BCUT2D eigenvalue weighted by Gasteiger charge is 2.21. The molecule has 6 nitrogen and oxygen atoms in total. The fourth-order valence-electron chi connectivity index (χ4n) is 2.71. The molecule has 8 heteroatoms. The highest BCUT2D eigenvalue weighted by molar-refractivity contribution is 7.89. The normalized spacial score (nSPS) is 12.8. The first-order chi connectivity index (χ1) is 13.4.